The summed E-state index contributed by atoms with van der Waals surface area (Å²) in [6.07, 6.45) is 7.06. The summed E-state index contributed by atoms with van der Waals surface area (Å²) in [5.41, 5.74) is 2.19. The predicted molar refractivity (Wildman–Crippen MR) is 110 cm³/mol. The number of benzene rings is 2. The molecule has 2 amide bonds. The van der Waals surface area contributed by atoms with Crippen LogP contribution in [0.5, 0.6) is 0 Å². The van der Waals surface area contributed by atoms with Crippen LogP contribution in [0.4, 0.5) is 11.4 Å². The van der Waals surface area contributed by atoms with E-state index in [1.807, 2.05) is 30.0 Å². The summed E-state index contributed by atoms with van der Waals surface area (Å²) in [6.45, 7) is 0. The minimum atomic E-state index is -0.130. The topological polar surface area (TPSA) is 58.2 Å². The van der Waals surface area contributed by atoms with Gasteiger partial charge in [-0.05, 0) is 62.1 Å². The van der Waals surface area contributed by atoms with Crippen LogP contribution in [0.3, 0.4) is 0 Å². The first-order valence-electron chi connectivity index (χ1n) is 9.67. The predicted octanol–water partition coefficient (Wildman–Crippen LogP) is 5.32. The molecule has 0 atom stereocenters. The number of carbonyl (C=O) groups excluding carboxylic acids is 2. The molecule has 140 valence electrons. The van der Waals surface area contributed by atoms with Gasteiger partial charge in [0.1, 0.15) is 0 Å². The molecule has 2 N–H and O–H groups in total. The van der Waals surface area contributed by atoms with Gasteiger partial charge in [0.05, 0.1) is 5.69 Å². The fraction of sp³-hybridized carbons (Fsp3) is 0.364. The van der Waals surface area contributed by atoms with Crippen molar-refractivity contribution in [3.63, 3.8) is 0 Å². The summed E-state index contributed by atoms with van der Waals surface area (Å²) in [6, 6.07) is 15.1. The maximum Gasteiger partial charge on any atom is 0.255 e. The van der Waals surface area contributed by atoms with Gasteiger partial charge in [-0.15, -0.1) is 11.8 Å². The van der Waals surface area contributed by atoms with Crippen molar-refractivity contribution in [2.24, 2.45) is 5.92 Å². The van der Waals surface area contributed by atoms with Crippen molar-refractivity contribution in [3.8, 4) is 0 Å². The maximum atomic E-state index is 12.6. The van der Waals surface area contributed by atoms with Crippen molar-refractivity contribution in [1.29, 1.82) is 0 Å². The van der Waals surface area contributed by atoms with Gasteiger partial charge in [0.25, 0.3) is 5.91 Å². The minimum absolute atomic E-state index is 0.0741. The number of thioether (sulfide) groups is 1. The molecule has 4 nitrogen and oxygen atoms in total. The highest BCUT2D eigenvalue weighted by molar-refractivity contribution is 8.00. The van der Waals surface area contributed by atoms with Crippen LogP contribution in [0, 0.1) is 5.92 Å². The first-order valence-corrected chi connectivity index (χ1v) is 10.5. The molecule has 0 aliphatic heterocycles. The summed E-state index contributed by atoms with van der Waals surface area (Å²) in [5, 5.41) is 6.59. The van der Waals surface area contributed by atoms with E-state index in [1.54, 1.807) is 24.3 Å². The van der Waals surface area contributed by atoms with Crippen LogP contribution < -0.4 is 10.6 Å². The van der Waals surface area contributed by atoms with Gasteiger partial charge >= 0.3 is 0 Å². The monoisotopic (exact) mass is 380 g/mol. The number of anilines is 2. The fourth-order valence-electron chi connectivity index (χ4n) is 3.35. The molecule has 0 radical (unpaired) electrons. The van der Waals surface area contributed by atoms with Gasteiger partial charge in [-0.25, -0.2) is 0 Å². The molecule has 0 unspecified atom stereocenters. The van der Waals surface area contributed by atoms with E-state index >= 15 is 0 Å². The highest BCUT2D eigenvalue weighted by Crippen LogP contribution is 2.38. The summed E-state index contributed by atoms with van der Waals surface area (Å²) in [4.78, 5) is 25.6. The Labute approximate surface area is 164 Å². The Kier molecular flexibility index (Phi) is 5.48. The minimum Gasteiger partial charge on any atom is -0.326 e. The number of hydrogen-bond acceptors (Lipinski definition) is 3. The van der Waals surface area contributed by atoms with Crippen LogP contribution in [0.2, 0.25) is 0 Å². The maximum absolute atomic E-state index is 12.6. The van der Waals surface area contributed by atoms with Crippen LogP contribution in [0.1, 0.15) is 48.9 Å². The van der Waals surface area contributed by atoms with Crippen molar-refractivity contribution in [2.75, 3.05) is 10.6 Å². The number of amides is 2. The zero-order valence-corrected chi connectivity index (χ0v) is 16.1. The van der Waals surface area contributed by atoms with E-state index < -0.39 is 0 Å². The SMILES string of the molecule is O=C(Nc1ccccc1SC1CCCC1)c1ccc(NC(=O)C2CC2)cc1. The molecular formula is C22H24N2O2S. The number of para-hydroxylation sites is 1. The third kappa shape index (κ3) is 4.72. The Morgan fingerprint density at radius 3 is 2.26 bits per heavy atom. The first-order chi connectivity index (χ1) is 13.2. The number of hydrogen-bond donors (Lipinski definition) is 2. The van der Waals surface area contributed by atoms with Gasteiger partial charge in [0.15, 0.2) is 0 Å². The first kappa shape index (κ1) is 18.1. The molecule has 5 heteroatoms. The second-order valence-electron chi connectivity index (χ2n) is 7.32. The van der Waals surface area contributed by atoms with Crippen molar-refractivity contribution in [3.05, 3.63) is 54.1 Å². The number of carbonyl (C=O) groups is 2. The smallest absolute Gasteiger partial charge is 0.255 e. The fourth-order valence-corrected chi connectivity index (χ4v) is 4.68. The van der Waals surface area contributed by atoms with E-state index in [4.69, 9.17) is 0 Å². The Morgan fingerprint density at radius 2 is 1.56 bits per heavy atom. The van der Waals surface area contributed by atoms with E-state index in [-0.39, 0.29) is 17.7 Å². The highest BCUT2D eigenvalue weighted by Gasteiger charge is 2.29. The molecule has 0 bridgehead atoms. The standard InChI is InChI=1S/C22H24N2O2S/c25-21(15-9-10-15)23-17-13-11-16(12-14-17)22(26)24-19-7-3-4-8-20(19)27-18-5-1-2-6-18/h3-4,7-8,11-15,18H,1-2,5-6,9-10H2,(H,23,25)(H,24,26). The van der Waals surface area contributed by atoms with Crippen molar-refractivity contribution < 1.29 is 9.59 Å². The van der Waals surface area contributed by atoms with E-state index in [0.29, 0.717) is 10.8 Å². The Morgan fingerprint density at radius 1 is 0.852 bits per heavy atom. The van der Waals surface area contributed by atoms with E-state index in [2.05, 4.69) is 16.7 Å². The van der Waals surface area contributed by atoms with Gasteiger partial charge < -0.3 is 10.6 Å². The Balaban J connectivity index is 1.40. The second kappa shape index (κ2) is 8.17. The zero-order chi connectivity index (χ0) is 18.6. The van der Waals surface area contributed by atoms with Crippen LogP contribution in [-0.2, 0) is 4.79 Å². The lowest BCUT2D eigenvalue weighted by Gasteiger charge is -2.14. The molecule has 4 rings (SSSR count). The number of nitrogens with one attached hydrogen (secondary N) is 2. The molecule has 2 saturated carbocycles. The van der Waals surface area contributed by atoms with Gasteiger partial charge in [0.2, 0.25) is 5.91 Å². The zero-order valence-electron chi connectivity index (χ0n) is 15.2. The lowest BCUT2D eigenvalue weighted by atomic mass is 10.2. The molecule has 2 aliphatic rings. The molecule has 2 aromatic carbocycles. The Hall–Kier alpha value is -2.27. The van der Waals surface area contributed by atoms with Crippen LogP contribution in [0.15, 0.2) is 53.4 Å². The highest BCUT2D eigenvalue weighted by atomic mass is 32.2. The van der Waals surface area contributed by atoms with Gasteiger partial charge in [0, 0.05) is 27.3 Å². The normalized spacial score (nSPS) is 16.9. The van der Waals surface area contributed by atoms with E-state index in [0.717, 1.165) is 29.1 Å². The van der Waals surface area contributed by atoms with Gasteiger partial charge in [-0.2, -0.15) is 0 Å². The summed E-state index contributed by atoms with van der Waals surface area (Å²) in [5.74, 6) is 0.112. The lowest BCUT2D eigenvalue weighted by molar-refractivity contribution is -0.117. The molecule has 0 aromatic heterocycles. The average molecular weight is 381 g/mol. The van der Waals surface area contributed by atoms with Gasteiger partial charge in [-0.3, -0.25) is 9.59 Å². The molecule has 0 spiro atoms. The summed E-state index contributed by atoms with van der Waals surface area (Å²) >= 11 is 1.87. The molecule has 2 aliphatic carbocycles. The number of rotatable bonds is 6. The van der Waals surface area contributed by atoms with E-state index in [1.165, 1.54) is 25.7 Å². The van der Waals surface area contributed by atoms with E-state index in [9.17, 15) is 9.59 Å². The lowest BCUT2D eigenvalue weighted by Crippen LogP contribution is -2.15. The van der Waals surface area contributed by atoms with Crippen LogP contribution in [-0.4, -0.2) is 17.1 Å². The molecule has 2 aromatic rings. The molecule has 27 heavy (non-hydrogen) atoms. The largest absolute Gasteiger partial charge is 0.326 e. The molecular weight excluding hydrogens is 356 g/mol. The third-order valence-electron chi connectivity index (χ3n) is 5.09. The van der Waals surface area contributed by atoms with Crippen LogP contribution >= 0.6 is 11.8 Å². The Bertz CT molecular complexity index is 824. The van der Waals surface area contributed by atoms with Crippen molar-refractivity contribution in [2.45, 2.75) is 48.7 Å². The quantitative estimate of drug-likeness (QED) is 0.713. The summed E-state index contributed by atoms with van der Waals surface area (Å²) in [7, 11) is 0. The molecule has 2 fully saturated rings. The molecule has 0 saturated heterocycles. The third-order valence-corrected chi connectivity index (χ3v) is 6.51. The second-order valence-corrected chi connectivity index (χ2v) is 8.66. The van der Waals surface area contributed by atoms with Crippen LogP contribution in [0.25, 0.3) is 0 Å². The van der Waals surface area contributed by atoms with Gasteiger partial charge in [-0.1, -0.05) is 25.0 Å². The van der Waals surface area contributed by atoms with Crippen molar-refractivity contribution >= 4 is 35.0 Å². The molecule has 0 heterocycles. The summed E-state index contributed by atoms with van der Waals surface area (Å²) < 4.78 is 0. The average Bonchev–Trinajstić information content (AvgIpc) is 3.42. The van der Waals surface area contributed by atoms with Crippen molar-refractivity contribution in [1.82, 2.24) is 0 Å².